The highest BCUT2D eigenvalue weighted by molar-refractivity contribution is 5.28. The van der Waals surface area contributed by atoms with Gasteiger partial charge in [-0.1, -0.05) is 20.3 Å². The van der Waals surface area contributed by atoms with Gasteiger partial charge < -0.3 is 9.88 Å². The van der Waals surface area contributed by atoms with Crippen LogP contribution in [0.1, 0.15) is 45.2 Å². The number of rotatable bonds is 5. The van der Waals surface area contributed by atoms with Crippen LogP contribution < -0.4 is 5.32 Å². The van der Waals surface area contributed by atoms with E-state index in [0.29, 0.717) is 5.92 Å². The first kappa shape index (κ1) is 13.0. The molecule has 2 aliphatic carbocycles. The van der Waals surface area contributed by atoms with E-state index < -0.39 is 0 Å². The first-order chi connectivity index (χ1) is 9.11. The van der Waals surface area contributed by atoms with Gasteiger partial charge >= 0.3 is 0 Å². The molecule has 0 aliphatic heterocycles. The van der Waals surface area contributed by atoms with E-state index in [9.17, 15) is 0 Å². The van der Waals surface area contributed by atoms with E-state index in [1.165, 1.54) is 32.2 Å². The second-order valence-electron chi connectivity index (χ2n) is 7.07. The SMILES string of the molecule is Cc1cn(CC2CC3CCC2C3)c(NCC(C)C)n1. The summed E-state index contributed by atoms with van der Waals surface area (Å²) in [5.41, 5.74) is 1.13. The summed E-state index contributed by atoms with van der Waals surface area (Å²) in [5.74, 6) is 4.66. The van der Waals surface area contributed by atoms with Crippen LogP contribution in [0.4, 0.5) is 5.95 Å². The first-order valence-corrected chi connectivity index (χ1v) is 7.89. The summed E-state index contributed by atoms with van der Waals surface area (Å²) < 4.78 is 2.36. The van der Waals surface area contributed by atoms with Crippen molar-refractivity contribution < 1.29 is 0 Å². The Morgan fingerprint density at radius 2 is 2.21 bits per heavy atom. The van der Waals surface area contributed by atoms with Gasteiger partial charge in [0, 0.05) is 19.3 Å². The molecular formula is C16H27N3. The lowest BCUT2D eigenvalue weighted by Gasteiger charge is -2.23. The lowest BCUT2D eigenvalue weighted by molar-refractivity contribution is 0.297. The molecule has 1 aromatic rings. The molecule has 3 nitrogen and oxygen atoms in total. The van der Waals surface area contributed by atoms with Crippen molar-refractivity contribution >= 4 is 5.95 Å². The molecule has 3 unspecified atom stereocenters. The molecule has 106 valence electrons. The van der Waals surface area contributed by atoms with Crippen molar-refractivity contribution in [3.63, 3.8) is 0 Å². The molecule has 0 amide bonds. The highest BCUT2D eigenvalue weighted by atomic mass is 15.2. The fourth-order valence-electron chi connectivity index (χ4n) is 3.98. The topological polar surface area (TPSA) is 29.9 Å². The number of nitrogens with zero attached hydrogens (tertiary/aromatic N) is 2. The predicted molar refractivity (Wildman–Crippen MR) is 79.2 cm³/mol. The molecule has 2 fully saturated rings. The minimum absolute atomic E-state index is 0.660. The van der Waals surface area contributed by atoms with Gasteiger partial charge in [0.2, 0.25) is 5.95 Å². The first-order valence-electron chi connectivity index (χ1n) is 7.89. The Balaban J connectivity index is 1.66. The Bertz CT molecular complexity index is 435. The molecule has 3 rings (SSSR count). The zero-order valence-corrected chi connectivity index (χ0v) is 12.5. The molecule has 1 aromatic heterocycles. The molecule has 3 atom stereocenters. The van der Waals surface area contributed by atoms with E-state index >= 15 is 0 Å². The van der Waals surface area contributed by atoms with Crippen LogP contribution in [-0.4, -0.2) is 16.1 Å². The molecule has 0 spiro atoms. The number of imidazole rings is 1. The van der Waals surface area contributed by atoms with E-state index in [4.69, 9.17) is 0 Å². The fourth-order valence-corrected chi connectivity index (χ4v) is 3.98. The highest BCUT2D eigenvalue weighted by Crippen LogP contribution is 2.49. The molecule has 0 saturated heterocycles. The van der Waals surface area contributed by atoms with E-state index in [1.54, 1.807) is 0 Å². The third kappa shape index (κ3) is 2.80. The highest BCUT2D eigenvalue weighted by Gasteiger charge is 2.39. The van der Waals surface area contributed by atoms with E-state index in [-0.39, 0.29) is 0 Å². The van der Waals surface area contributed by atoms with Gasteiger partial charge in [0.15, 0.2) is 0 Å². The van der Waals surface area contributed by atoms with Gasteiger partial charge in [-0.15, -0.1) is 0 Å². The molecular weight excluding hydrogens is 234 g/mol. The Hall–Kier alpha value is -0.990. The maximum absolute atomic E-state index is 4.64. The van der Waals surface area contributed by atoms with Gasteiger partial charge in [-0.2, -0.15) is 0 Å². The second kappa shape index (κ2) is 5.18. The summed E-state index contributed by atoms with van der Waals surface area (Å²) in [7, 11) is 0. The minimum Gasteiger partial charge on any atom is -0.355 e. The summed E-state index contributed by atoms with van der Waals surface area (Å²) in [5, 5.41) is 3.50. The van der Waals surface area contributed by atoms with Crippen LogP contribution in [0, 0.1) is 30.6 Å². The number of fused-ring (bicyclic) bond motifs is 2. The molecule has 1 N–H and O–H groups in total. The Kier molecular flexibility index (Phi) is 3.55. The van der Waals surface area contributed by atoms with E-state index in [1.807, 2.05) is 0 Å². The van der Waals surface area contributed by atoms with Crippen molar-refractivity contribution in [1.82, 2.24) is 9.55 Å². The number of aryl methyl sites for hydroxylation is 1. The molecule has 2 saturated carbocycles. The predicted octanol–water partition coefficient (Wildman–Crippen LogP) is 3.70. The molecule has 0 radical (unpaired) electrons. The Morgan fingerprint density at radius 1 is 1.37 bits per heavy atom. The molecule has 2 bridgehead atoms. The van der Waals surface area contributed by atoms with E-state index in [0.717, 1.165) is 35.9 Å². The van der Waals surface area contributed by atoms with Crippen LogP contribution in [-0.2, 0) is 6.54 Å². The van der Waals surface area contributed by atoms with E-state index in [2.05, 4.69) is 41.8 Å². The zero-order chi connectivity index (χ0) is 13.4. The van der Waals surface area contributed by atoms with Crippen molar-refractivity contribution in [3.05, 3.63) is 11.9 Å². The van der Waals surface area contributed by atoms with Gasteiger partial charge in [-0.05, 0) is 49.9 Å². The minimum atomic E-state index is 0.660. The third-order valence-corrected chi connectivity index (χ3v) is 4.88. The van der Waals surface area contributed by atoms with Crippen molar-refractivity contribution in [3.8, 4) is 0 Å². The number of hydrogen-bond donors (Lipinski definition) is 1. The summed E-state index contributed by atoms with van der Waals surface area (Å²) >= 11 is 0. The van der Waals surface area contributed by atoms with Gasteiger partial charge in [-0.25, -0.2) is 4.98 Å². The van der Waals surface area contributed by atoms with Crippen LogP contribution in [0.3, 0.4) is 0 Å². The van der Waals surface area contributed by atoms with Crippen LogP contribution in [0.5, 0.6) is 0 Å². The summed E-state index contributed by atoms with van der Waals surface area (Å²) in [6.45, 7) is 8.75. The van der Waals surface area contributed by atoms with Crippen molar-refractivity contribution in [2.24, 2.45) is 23.7 Å². The van der Waals surface area contributed by atoms with Crippen molar-refractivity contribution in [2.45, 2.75) is 53.0 Å². The standard InChI is InChI=1S/C16H27N3/c1-11(2)8-17-16-18-12(3)9-19(16)10-15-7-13-4-5-14(15)6-13/h9,11,13-15H,4-8,10H2,1-3H3,(H,17,18). The largest absolute Gasteiger partial charge is 0.355 e. The summed E-state index contributed by atoms with van der Waals surface area (Å²) in [6, 6.07) is 0. The van der Waals surface area contributed by atoms with Crippen LogP contribution >= 0.6 is 0 Å². The van der Waals surface area contributed by atoms with Crippen molar-refractivity contribution in [2.75, 3.05) is 11.9 Å². The fraction of sp³-hybridized carbons (Fsp3) is 0.812. The maximum Gasteiger partial charge on any atom is 0.203 e. The zero-order valence-electron chi connectivity index (χ0n) is 12.5. The lowest BCUT2D eigenvalue weighted by Crippen LogP contribution is -2.19. The average Bonchev–Trinajstić information content (AvgIpc) is 3.02. The van der Waals surface area contributed by atoms with Gasteiger partial charge in [0.25, 0.3) is 0 Å². The normalized spacial score (nSPS) is 29.4. The van der Waals surface area contributed by atoms with Crippen molar-refractivity contribution in [1.29, 1.82) is 0 Å². The van der Waals surface area contributed by atoms with Crippen LogP contribution in [0.25, 0.3) is 0 Å². The number of nitrogens with one attached hydrogen (secondary N) is 1. The molecule has 19 heavy (non-hydrogen) atoms. The Labute approximate surface area is 116 Å². The second-order valence-corrected chi connectivity index (χ2v) is 7.07. The number of aromatic nitrogens is 2. The summed E-state index contributed by atoms with van der Waals surface area (Å²) in [4.78, 5) is 4.64. The van der Waals surface area contributed by atoms with Gasteiger partial charge in [0.05, 0.1) is 5.69 Å². The smallest absolute Gasteiger partial charge is 0.203 e. The average molecular weight is 261 g/mol. The van der Waals surface area contributed by atoms with Crippen LogP contribution in [0.15, 0.2) is 6.20 Å². The molecule has 1 heterocycles. The Morgan fingerprint density at radius 3 is 2.84 bits per heavy atom. The number of hydrogen-bond acceptors (Lipinski definition) is 2. The van der Waals surface area contributed by atoms with Gasteiger partial charge in [-0.3, -0.25) is 0 Å². The van der Waals surface area contributed by atoms with Gasteiger partial charge in [0.1, 0.15) is 0 Å². The van der Waals surface area contributed by atoms with Crippen LogP contribution in [0.2, 0.25) is 0 Å². The monoisotopic (exact) mass is 261 g/mol. The number of anilines is 1. The quantitative estimate of drug-likeness (QED) is 0.876. The molecule has 2 aliphatic rings. The molecule has 0 aromatic carbocycles. The summed E-state index contributed by atoms with van der Waals surface area (Å²) in [6.07, 6.45) is 8.12. The third-order valence-electron chi connectivity index (χ3n) is 4.88. The lowest BCUT2D eigenvalue weighted by atomic mass is 9.89. The maximum atomic E-state index is 4.64. The molecule has 3 heteroatoms.